The van der Waals surface area contributed by atoms with Crippen molar-refractivity contribution >= 4 is 38.0 Å². The second-order valence-electron chi connectivity index (χ2n) is 2.61. The monoisotopic (exact) mass is 343 g/mol. The van der Waals surface area contributed by atoms with E-state index in [0.29, 0.717) is 4.34 Å². The van der Waals surface area contributed by atoms with Gasteiger partial charge in [-0.2, -0.15) is 14.0 Å². The molecule has 3 nitrogen and oxygen atoms in total. The van der Waals surface area contributed by atoms with Gasteiger partial charge >= 0.3 is 6.08 Å². The number of aromatic nitrogens is 1. The van der Waals surface area contributed by atoms with E-state index in [4.69, 9.17) is 5.26 Å². The molecule has 0 saturated carbocycles. The second kappa shape index (κ2) is 6.88. The summed E-state index contributed by atoms with van der Waals surface area (Å²) in [5.74, 6) is -1.46. The molecule has 0 aliphatic rings. The van der Waals surface area contributed by atoms with Gasteiger partial charge in [0.05, 0.1) is 9.98 Å². The molecule has 1 unspecified atom stereocenters. The molecule has 0 aliphatic carbocycles. The fourth-order valence-electron chi connectivity index (χ4n) is 0.851. The fourth-order valence-corrected chi connectivity index (χ4v) is 4.12. The maximum absolute atomic E-state index is 12.6. The zero-order valence-electron chi connectivity index (χ0n) is 8.16. The van der Waals surface area contributed by atoms with E-state index in [2.05, 4.69) is 25.3 Å². The first-order valence-corrected chi connectivity index (χ1v) is 7.12. The molecular formula is C8H5BrF3N3S2. The van der Waals surface area contributed by atoms with Crippen molar-refractivity contribution in [2.24, 2.45) is 4.36 Å². The highest BCUT2D eigenvalue weighted by atomic mass is 79.9. The first-order chi connectivity index (χ1) is 8.04. The number of halogens is 4. The third-order valence-corrected chi connectivity index (χ3v) is 5.03. The molecule has 0 aliphatic heterocycles. The molecule has 92 valence electrons. The van der Waals surface area contributed by atoms with Gasteiger partial charge in [0.1, 0.15) is 0 Å². The number of hydrogen-bond donors (Lipinski definition) is 0. The van der Waals surface area contributed by atoms with E-state index in [9.17, 15) is 13.2 Å². The van der Waals surface area contributed by atoms with Gasteiger partial charge in [-0.3, -0.25) is 0 Å². The van der Waals surface area contributed by atoms with Crippen LogP contribution in [0.15, 0.2) is 30.6 Å². The van der Waals surface area contributed by atoms with Gasteiger partial charge in [0.2, 0.25) is 6.19 Å². The van der Waals surface area contributed by atoms with Gasteiger partial charge in [0.15, 0.2) is 10.2 Å². The highest BCUT2D eigenvalue weighted by Gasteiger charge is 2.11. The summed E-state index contributed by atoms with van der Waals surface area (Å²) in [5, 5.41) is 8.48. The van der Waals surface area contributed by atoms with Crippen LogP contribution in [0.4, 0.5) is 13.2 Å². The summed E-state index contributed by atoms with van der Waals surface area (Å²) in [6.07, 6.45) is 0.335. The van der Waals surface area contributed by atoms with E-state index in [0.717, 1.165) is 3.79 Å². The van der Waals surface area contributed by atoms with Gasteiger partial charge in [-0.1, -0.05) is 11.3 Å². The zero-order chi connectivity index (χ0) is 12.8. The summed E-state index contributed by atoms with van der Waals surface area (Å²) >= 11 is 4.43. The van der Waals surface area contributed by atoms with Crippen LogP contribution in [0.1, 0.15) is 6.42 Å². The Morgan fingerprint density at radius 3 is 2.76 bits per heavy atom. The Morgan fingerprint density at radius 1 is 1.59 bits per heavy atom. The highest BCUT2D eigenvalue weighted by Crippen LogP contribution is 2.24. The minimum absolute atomic E-state index is 0.0106. The molecule has 1 aromatic heterocycles. The third-order valence-electron chi connectivity index (χ3n) is 1.53. The number of allylic oxidation sites excluding steroid dienone is 1. The Morgan fingerprint density at radius 2 is 2.29 bits per heavy atom. The lowest BCUT2D eigenvalue weighted by atomic mass is 10.4. The quantitative estimate of drug-likeness (QED) is 0.775. The third kappa shape index (κ3) is 4.57. The van der Waals surface area contributed by atoms with Gasteiger partial charge in [0, 0.05) is 12.2 Å². The molecule has 1 atom stereocenters. The zero-order valence-corrected chi connectivity index (χ0v) is 11.4. The molecule has 1 heterocycles. The first-order valence-electron chi connectivity index (χ1n) is 4.16. The van der Waals surface area contributed by atoms with Crippen LogP contribution in [0, 0.1) is 11.5 Å². The molecule has 0 amide bonds. The minimum Gasteiger partial charge on any atom is -0.236 e. The van der Waals surface area contributed by atoms with Crippen molar-refractivity contribution in [2.45, 2.75) is 10.8 Å². The van der Waals surface area contributed by atoms with Crippen molar-refractivity contribution < 1.29 is 13.2 Å². The predicted molar refractivity (Wildman–Crippen MR) is 63.3 cm³/mol. The van der Waals surface area contributed by atoms with E-state index in [1.807, 2.05) is 0 Å². The van der Waals surface area contributed by atoms with Crippen molar-refractivity contribution in [1.29, 1.82) is 5.26 Å². The summed E-state index contributed by atoms with van der Waals surface area (Å²) in [6, 6.07) is 0. The van der Waals surface area contributed by atoms with Crippen LogP contribution in [0.25, 0.3) is 0 Å². The van der Waals surface area contributed by atoms with Gasteiger partial charge in [-0.15, -0.1) is 4.36 Å². The lowest BCUT2D eigenvalue weighted by Gasteiger charge is -2.00. The van der Waals surface area contributed by atoms with Crippen LogP contribution < -0.4 is 0 Å². The molecule has 9 heteroatoms. The maximum Gasteiger partial charge on any atom is 0.301 e. The van der Waals surface area contributed by atoms with E-state index in [-0.39, 0.29) is 5.75 Å². The number of nitriles is 1. The largest absolute Gasteiger partial charge is 0.301 e. The van der Waals surface area contributed by atoms with Crippen molar-refractivity contribution in [3.8, 4) is 6.19 Å². The van der Waals surface area contributed by atoms with Crippen molar-refractivity contribution in [3.63, 3.8) is 0 Å². The molecule has 0 saturated heterocycles. The van der Waals surface area contributed by atoms with E-state index < -0.39 is 29.0 Å². The molecule has 0 radical (unpaired) electrons. The molecule has 0 N–H and O–H groups in total. The summed E-state index contributed by atoms with van der Waals surface area (Å²) in [7, 11) is -0.970. The van der Waals surface area contributed by atoms with E-state index in [1.165, 1.54) is 17.5 Å². The number of rotatable bonds is 4. The molecule has 0 aromatic carbocycles. The molecule has 17 heavy (non-hydrogen) atoms. The highest BCUT2D eigenvalue weighted by molar-refractivity contribution is 9.11. The van der Waals surface area contributed by atoms with Crippen molar-refractivity contribution in [2.75, 3.05) is 5.75 Å². The van der Waals surface area contributed by atoms with Crippen molar-refractivity contribution in [3.05, 3.63) is 21.9 Å². The second-order valence-corrected chi connectivity index (χ2v) is 6.98. The Kier molecular flexibility index (Phi) is 5.80. The maximum atomic E-state index is 12.6. The SMILES string of the molecule is N#CN=S(CCC(F)=C(F)F)c1ncc(Br)s1. The van der Waals surface area contributed by atoms with Gasteiger partial charge in [-0.05, 0) is 26.6 Å². The smallest absolute Gasteiger partial charge is 0.236 e. The molecule has 1 rings (SSSR count). The standard InChI is InChI=1S/C8H5BrF3N3S2/c9-6-3-14-8(16-6)17(15-4-13)2-1-5(10)7(11)12/h3H,1-2H2. The number of hydrogen-bond acceptors (Lipinski definition) is 4. The minimum atomic E-state index is -2.33. The Hall–Kier alpha value is -0.720. The lowest BCUT2D eigenvalue weighted by molar-refractivity contribution is 0.373. The summed E-state index contributed by atoms with van der Waals surface area (Å²) < 4.78 is 41.2. The number of thiazole rings is 1. The Bertz CT molecular complexity index is 502. The van der Waals surface area contributed by atoms with Gasteiger partial charge < -0.3 is 0 Å². The van der Waals surface area contributed by atoms with Gasteiger partial charge in [-0.25, -0.2) is 9.37 Å². The predicted octanol–water partition coefficient (Wildman–Crippen LogP) is 4.02. The van der Waals surface area contributed by atoms with E-state index >= 15 is 0 Å². The number of nitrogens with zero attached hydrogens (tertiary/aromatic N) is 3. The normalized spacial score (nSPS) is 12.2. The first kappa shape index (κ1) is 14.3. The topological polar surface area (TPSA) is 49.0 Å². The van der Waals surface area contributed by atoms with Crippen LogP contribution in [-0.2, 0) is 10.7 Å². The van der Waals surface area contributed by atoms with Crippen LogP contribution >= 0.6 is 27.3 Å². The Labute approximate surface area is 110 Å². The van der Waals surface area contributed by atoms with Crippen LogP contribution in [0.2, 0.25) is 0 Å². The summed E-state index contributed by atoms with van der Waals surface area (Å²) in [5.41, 5.74) is 0. The van der Waals surface area contributed by atoms with E-state index in [1.54, 1.807) is 6.19 Å². The van der Waals surface area contributed by atoms with Crippen molar-refractivity contribution in [1.82, 2.24) is 4.98 Å². The van der Waals surface area contributed by atoms with Crippen LogP contribution in [0.3, 0.4) is 0 Å². The lowest BCUT2D eigenvalue weighted by Crippen LogP contribution is -1.98. The van der Waals surface area contributed by atoms with Crippen LogP contribution in [0.5, 0.6) is 0 Å². The fraction of sp³-hybridized carbons (Fsp3) is 0.250. The molecular weight excluding hydrogens is 339 g/mol. The molecule has 0 fully saturated rings. The Balaban J connectivity index is 2.80. The molecule has 0 bridgehead atoms. The molecule has 1 aromatic rings. The molecule has 0 spiro atoms. The summed E-state index contributed by atoms with van der Waals surface area (Å²) in [4.78, 5) is 3.97. The van der Waals surface area contributed by atoms with Crippen LogP contribution in [-0.4, -0.2) is 10.7 Å². The van der Waals surface area contributed by atoms with Gasteiger partial charge in [0.25, 0.3) is 0 Å². The average molecular weight is 344 g/mol. The average Bonchev–Trinajstić information content (AvgIpc) is 2.70. The summed E-state index contributed by atoms with van der Waals surface area (Å²) in [6.45, 7) is 0.